The Labute approximate surface area is 125 Å². The maximum absolute atomic E-state index is 11.4. The monoisotopic (exact) mass is 317 g/mol. The lowest BCUT2D eigenvalue weighted by Crippen LogP contribution is -2.25. The van der Waals surface area contributed by atoms with Crippen molar-refractivity contribution in [1.82, 2.24) is 4.90 Å². The van der Waals surface area contributed by atoms with Gasteiger partial charge in [-0.1, -0.05) is 0 Å². The fraction of sp³-hybridized carbons (Fsp3) is 0.571. The van der Waals surface area contributed by atoms with Crippen LogP contribution in [0.3, 0.4) is 0 Å². The van der Waals surface area contributed by atoms with Crippen LogP contribution >= 0.6 is 10.7 Å². The van der Waals surface area contributed by atoms with Gasteiger partial charge in [0.1, 0.15) is 12.4 Å². The summed E-state index contributed by atoms with van der Waals surface area (Å²) in [4.78, 5) is 2.53. The lowest BCUT2D eigenvalue weighted by atomic mass is 10.1. The maximum atomic E-state index is 11.4. The summed E-state index contributed by atoms with van der Waals surface area (Å²) in [6.45, 7) is 7.37. The molecule has 1 aromatic rings. The molecule has 0 aliphatic carbocycles. The first-order valence-corrected chi connectivity index (χ1v) is 9.10. The van der Waals surface area contributed by atoms with Crippen molar-refractivity contribution in [3.63, 3.8) is 0 Å². The number of hydrogen-bond acceptors (Lipinski definition) is 4. The van der Waals surface area contributed by atoms with Gasteiger partial charge in [0.15, 0.2) is 0 Å². The molecule has 0 aromatic heterocycles. The summed E-state index contributed by atoms with van der Waals surface area (Å²) < 4.78 is 28.6. The van der Waals surface area contributed by atoms with Crippen LogP contribution in [0.4, 0.5) is 0 Å². The molecule has 0 saturated carbocycles. The number of likely N-dealkylation sites (tertiary alicyclic amines) is 1. The Bertz CT molecular complexity index is 580. The van der Waals surface area contributed by atoms with Gasteiger partial charge in [0, 0.05) is 17.2 Å². The molecule has 0 unspecified atom stereocenters. The Hall–Kier alpha value is -0.780. The molecule has 1 saturated heterocycles. The number of ether oxygens (including phenoxy) is 1. The van der Waals surface area contributed by atoms with Crippen LogP contribution in [-0.2, 0) is 9.05 Å². The predicted molar refractivity (Wildman–Crippen MR) is 80.1 cm³/mol. The second-order valence-electron chi connectivity index (χ2n) is 5.22. The van der Waals surface area contributed by atoms with Gasteiger partial charge < -0.3 is 4.74 Å². The molecule has 0 N–H and O–H groups in total. The molecule has 0 amide bonds. The number of halogens is 1. The molecule has 1 heterocycles. The standard InChI is InChI=1S/C14H20ClNO3S/c1-11-10-14(20(15,17)18)12(2)9-13(11)19-8-7-16-5-3-4-6-16/h9-10H,3-8H2,1-2H3. The molecule has 1 aliphatic rings. The summed E-state index contributed by atoms with van der Waals surface area (Å²) in [5.41, 5.74) is 1.40. The van der Waals surface area contributed by atoms with Crippen molar-refractivity contribution in [2.75, 3.05) is 26.2 Å². The second-order valence-corrected chi connectivity index (χ2v) is 7.75. The fourth-order valence-electron chi connectivity index (χ4n) is 2.47. The summed E-state index contributed by atoms with van der Waals surface area (Å²) >= 11 is 0. The van der Waals surface area contributed by atoms with Gasteiger partial charge in [-0.15, -0.1) is 0 Å². The SMILES string of the molecule is Cc1cc(S(=O)(=O)Cl)c(C)cc1OCCN1CCCC1. The van der Waals surface area contributed by atoms with Crippen LogP contribution in [0.15, 0.2) is 17.0 Å². The molecular formula is C14H20ClNO3S. The summed E-state index contributed by atoms with van der Waals surface area (Å²) in [6, 6.07) is 3.32. The Kier molecular flexibility index (Phi) is 4.94. The minimum Gasteiger partial charge on any atom is -0.492 e. The third-order valence-corrected chi connectivity index (χ3v) is 5.06. The number of nitrogens with zero attached hydrogens (tertiary/aromatic N) is 1. The van der Waals surface area contributed by atoms with E-state index < -0.39 is 9.05 Å². The number of aryl methyl sites for hydroxylation is 2. The van der Waals surface area contributed by atoms with Crippen LogP contribution in [0, 0.1) is 13.8 Å². The van der Waals surface area contributed by atoms with Crippen LogP contribution < -0.4 is 4.74 Å². The van der Waals surface area contributed by atoms with E-state index in [-0.39, 0.29) is 4.90 Å². The predicted octanol–water partition coefficient (Wildman–Crippen LogP) is 2.71. The largest absolute Gasteiger partial charge is 0.492 e. The second kappa shape index (κ2) is 6.33. The molecule has 112 valence electrons. The minimum absolute atomic E-state index is 0.156. The average molecular weight is 318 g/mol. The summed E-state index contributed by atoms with van der Waals surface area (Å²) in [6.07, 6.45) is 2.53. The van der Waals surface area contributed by atoms with Gasteiger partial charge in [-0.3, -0.25) is 4.90 Å². The quantitative estimate of drug-likeness (QED) is 0.783. The van der Waals surface area contributed by atoms with Crippen molar-refractivity contribution in [3.8, 4) is 5.75 Å². The zero-order valence-electron chi connectivity index (χ0n) is 11.9. The summed E-state index contributed by atoms with van der Waals surface area (Å²) in [7, 11) is 1.71. The van der Waals surface area contributed by atoms with E-state index in [1.54, 1.807) is 19.1 Å². The van der Waals surface area contributed by atoms with Crippen molar-refractivity contribution >= 4 is 19.7 Å². The van der Waals surface area contributed by atoms with Crippen molar-refractivity contribution in [2.24, 2.45) is 0 Å². The Morgan fingerprint density at radius 3 is 2.45 bits per heavy atom. The highest BCUT2D eigenvalue weighted by atomic mass is 35.7. The topological polar surface area (TPSA) is 46.6 Å². The van der Waals surface area contributed by atoms with E-state index in [4.69, 9.17) is 15.4 Å². The minimum atomic E-state index is -3.70. The van der Waals surface area contributed by atoms with Gasteiger partial charge in [-0.2, -0.15) is 0 Å². The molecule has 20 heavy (non-hydrogen) atoms. The zero-order chi connectivity index (χ0) is 14.8. The zero-order valence-corrected chi connectivity index (χ0v) is 13.4. The Balaban J connectivity index is 2.03. The lowest BCUT2D eigenvalue weighted by molar-refractivity contribution is 0.236. The third-order valence-electron chi connectivity index (χ3n) is 3.60. The molecule has 0 spiro atoms. The highest BCUT2D eigenvalue weighted by Gasteiger charge is 2.16. The molecule has 0 atom stereocenters. The Morgan fingerprint density at radius 2 is 1.85 bits per heavy atom. The molecule has 1 aliphatic heterocycles. The van der Waals surface area contributed by atoms with E-state index in [0.29, 0.717) is 12.2 Å². The number of hydrogen-bond donors (Lipinski definition) is 0. The Morgan fingerprint density at radius 1 is 1.20 bits per heavy atom. The van der Waals surface area contributed by atoms with E-state index >= 15 is 0 Å². The van der Waals surface area contributed by atoms with Crippen molar-refractivity contribution in [2.45, 2.75) is 31.6 Å². The highest BCUT2D eigenvalue weighted by molar-refractivity contribution is 8.13. The van der Waals surface area contributed by atoms with Gasteiger partial charge in [-0.05, 0) is 63.0 Å². The van der Waals surface area contributed by atoms with Crippen LogP contribution in [-0.4, -0.2) is 39.6 Å². The molecule has 1 fully saturated rings. The van der Waals surface area contributed by atoms with Crippen molar-refractivity contribution in [1.29, 1.82) is 0 Å². The number of benzene rings is 1. The van der Waals surface area contributed by atoms with Crippen molar-refractivity contribution in [3.05, 3.63) is 23.3 Å². The first-order valence-electron chi connectivity index (χ1n) is 6.79. The first-order chi connectivity index (χ1) is 9.38. The average Bonchev–Trinajstić information content (AvgIpc) is 2.84. The van der Waals surface area contributed by atoms with E-state index in [2.05, 4.69) is 4.90 Å². The molecule has 4 nitrogen and oxygen atoms in total. The van der Waals surface area contributed by atoms with E-state index in [1.165, 1.54) is 12.8 Å². The van der Waals surface area contributed by atoms with Crippen molar-refractivity contribution < 1.29 is 13.2 Å². The highest BCUT2D eigenvalue weighted by Crippen LogP contribution is 2.27. The first kappa shape index (κ1) is 15.6. The van der Waals surface area contributed by atoms with Gasteiger partial charge in [0.25, 0.3) is 9.05 Å². The normalized spacial score (nSPS) is 16.6. The van der Waals surface area contributed by atoms with E-state index in [9.17, 15) is 8.42 Å². The van der Waals surface area contributed by atoms with Gasteiger partial charge in [0.2, 0.25) is 0 Å². The summed E-state index contributed by atoms with van der Waals surface area (Å²) in [5.74, 6) is 0.728. The summed E-state index contributed by atoms with van der Waals surface area (Å²) in [5, 5.41) is 0. The third kappa shape index (κ3) is 3.87. The molecule has 1 aromatic carbocycles. The van der Waals surface area contributed by atoms with Gasteiger partial charge in [0.05, 0.1) is 4.90 Å². The fourth-order valence-corrected chi connectivity index (χ4v) is 3.73. The smallest absolute Gasteiger partial charge is 0.261 e. The van der Waals surface area contributed by atoms with Crippen LogP contribution in [0.25, 0.3) is 0 Å². The van der Waals surface area contributed by atoms with Gasteiger partial charge >= 0.3 is 0 Å². The van der Waals surface area contributed by atoms with Crippen LogP contribution in [0.1, 0.15) is 24.0 Å². The molecular weight excluding hydrogens is 298 g/mol. The maximum Gasteiger partial charge on any atom is 0.261 e. The van der Waals surface area contributed by atoms with Crippen LogP contribution in [0.2, 0.25) is 0 Å². The molecule has 2 rings (SSSR count). The molecule has 0 bridgehead atoms. The van der Waals surface area contributed by atoms with Gasteiger partial charge in [-0.25, -0.2) is 8.42 Å². The molecule has 0 radical (unpaired) electrons. The number of rotatable bonds is 5. The lowest BCUT2D eigenvalue weighted by Gasteiger charge is -2.16. The van der Waals surface area contributed by atoms with E-state index in [1.807, 2.05) is 6.92 Å². The van der Waals surface area contributed by atoms with Crippen LogP contribution in [0.5, 0.6) is 5.75 Å². The van der Waals surface area contributed by atoms with E-state index in [0.717, 1.165) is 30.9 Å². The molecule has 6 heteroatoms.